The predicted molar refractivity (Wildman–Crippen MR) is 118 cm³/mol. The summed E-state index contributed by atoms with van der Waals surface area (Å²) in [5.41, 5.74) is 1.19. The Bertz CT molecular complexity index is 965. The molecule has 0 radical (unpaired) electrons. The molecule has 0 N–H and O–H groups in total. The third kappa shape index (κ3) is 3.51. The van der Waals surface area contributed by atoms with Gasteiger partial charge in [-0.05, 0) is 24.3 Å². The van der Waals surface area contributed by atoms with Crippen LogP contribution in [0, 0.1) is 0 Å². The second-order valence-electron chi connectivity index (χ2n) is 8.32. The average Bonchev–Trinajstić information content (AvgIpc) is 3.29. The van der Waals surface area contributed by atoms with Crippen LogP contribution in [0.15, 0.2) is 60.7 Å². The van der Waals surface area contributed by atoms with Crippen LogP contribution >= 0.6 is 0 Å². The van der Waals surface area contributed by atoms with Gasteiger partial charge in [-0.15, -0.1) is 0 Å². The first-order valence-corrected chi connectivity index (χ1v) is 10.9. The Hall–Kier alpha value is -3.36. The van der Waals surface area contributed by atoms with E-state index < -0.39 is 12.1 Å². The van der Waals surface area contributed by atoms with Crippen molar-refractivity contribution in [3.05, 3.63) is 60.7 Å². The smallest absolute Gasteiger partial charge is 0.251 e. The van der Waals surface area contributed by atoms with Crippen molar-refractivity contribution >= 4 is 35.0 Å². The molecule has 3 saturated heterocycles. The fourth-order valence-electron chi connectivity index (χ4n) is 4.86. The van der Waals surface area contributed by atoms with Crippen molar-refractivity contribution < 1.29 is 19.2 Å². The molecule has 0 aliphatic carbocycles. The molecule has 5 rings (SSSR count). The zero-order valence-electron chi connectivity index (χ0n) is 17.6. The highest BCUT2D eigenvalue weighted by Gasteiger charge is 2.46. The van der Waals surface area contributed by atoms with E-state index in [2.05, 4.69) is 0 Å². The molecule has 164 valence electrons. The Balaban J connectivity index is 1.23. The maximum absolute atomic E-state index is 13.0. The fourth-order valence-corrected chi connectivity index (χ4v) is 4.86. The summed E-state index contributed by atoms with van der Waals surface area (Å²) in [5.74, 6) is -0.776. The van der Waals surface area contributed by atoms with Crippen LogP contribution in [0.25, 0.3) is 0 Å². The highest BCUT2D eigenvalue weighted by atomic mass is 16.2. The summed E-state index contributed by atoms with van der Waals surface area (Å²) >= 11 is 0. The van der Waals surface area contributed by atoms with Gasteiger partial charge in [-0.2, -0.15) is 0 Å². The molecule has 0 unspecified atom stereocenters. The summed E-state index contributed by atoms with van der Waals surface area (Å²) < 4.78 is 0. The van der Waals surface area contributed by atoms with Crippen molar-refractivity contribution in [1.29, 1.82) is 0 Å². The van der Waals surface area contributed by atoms with Crippen LogP contribution in [-0.2, 0) is 19.2 Å². The minimum Gasteiger partial charge on any atom is -0.289 e. The molecule has 0 saturated carbocycles. The van der Waals surface area contributed by atoms with Gasteiger partial charge in [0.2, 0.25) is 11.8 Å². The zero-order chi connectivity index (χ0) is 22.2. The number of hydrogen-bond acceptors (Lipinski definition) is 6. The topological polar surface area (TPSA) is 81.2 Å². The number of anilines is 2. The summed E-state index contributed by atoms with van der Waals surface area (Å²) in [5, 5.41) is 0. The van der Waals surface area contributed by atoms with Gasteiger partial charge in [0.15, 0.2) is 0 Å². The Kier molecular flexibility index (Phi) is 5.32. The van der Waals surface area contributed by atoms with Crippen molar-refractivity contribution in [3.8, 4) is 0 Å². The normalized spacial score (nSPS) is 25.2. The number of imide groups is 2. The molecule has 3 aliphatic heterocycles. The van der Waals surface area contributed by atoms with Crippen molar-refractivity contribution in [2.75, 3.05) is 36.0 Å². The number of piperazine rings is 1. The molecule has 3 fully saturated rings. The number of benzene rings is 2. The van der Waals surface area contributed by atoms with Gasteiger partial charge in [0, 0.05) is 26.2 Å². The van der Waals surface area contributed by atoms with Gasteiger partial charge in [-0.25, -0.2) is 9.80 Å². The number of rotatable bonds is 4. The van der Waals surface area contributed by atoms with Crippen LogP contribution in [-0.4, -0.2) is 71.7 Å². The molecule has 0 bridgehead atoms. The van der Waals surface area contributed by atoms with Crippen molar-refractivity contribution in [2.45, 2.75) is 24.9 Å². The quantitative estimate of drug-likeness (QED) is 0.677. The summed E-state index contributed by atoms with van der Waals surface area (Å²) in [6.07, 6.45) is 0.326. The number of amides is 4. The molecule has 8 heteroatoms. The van der Waals surface area contributed by atoms with E-state index in [9.17, 15) is 19.2 Å². The van der Waals surface area contributed by atoms with E-state index in [-0.39, 0.29) is 36.5 Å². The molecule has 3 heterocycles. The van der Waals surface area contributed by atoms with Gasteiger partial charge in [-0.1, -0.05) is 36.4 Å². The van der Waals surface area contributed by atoms with Gasteiger partial charge < -0.3 is 0 Å². The monoisotopic (exact) mass is 432 g/mol. The number of hydrogen-bond donors (Lipinski definition) is 0. The molecule has 2 aromatic carbocycles. The Morgan fingerprint density at radius 1 is 0.531 bits per heavy atom. The second kappa shape index (κ2) is 8.29. The summed E-state index contributed by atoms with van der Waals surface area (Å²) in [6, 6.07) is 17.0. The van der Waals surface area contributed by atoms with Crippen LogP contribution < -0.4 is 9.80 Å². The number of nitrogens with zero attached hydrogens (tertiary/aromatic N) is 4. The van der Waals surface area contributed by atoms with E-state index in [1.165, 1.54) is 9.80 Å². The molecular formula is C24H24N4O4. The lowest BCUT2D eigenvalue weighted by molar-refractivity contribution is -0.126. The Labute approximate surface area is 186 Å². The second-order valence-corrected chi connectivity index (χ2v) is 8.32. The highest BCUT2D eigenvalue weighted by molar-refractivity contribution is 6.23. The molecule has 2 aromatic rings. The van der Waals surface area contributed by atoms with Crippen LogP contribution in [0.1, 0.15) is 12.8 Å². The third-order valence-corrected chi connectivity index (χ3v) is 6.50. The minimum atomic E-state index is -0.480. The maximum atomic E-state index is 13.0. The number of carbonyl (C=O) groups is 4. The van der Waals surface area contributed by atoms with Crippen LogP contribution in [0.2, 0.25) is 0 Å². The third-order valence-electron chi connectivity index (χ3n) is 6.50. The molecule has 3 aliphatic rings. The first kappa shape index (κ1) is 20.5. The first-order chi connectivity index (χ1) is 15.5. The number of carbonyl (C=O) groups excluding carboxylic acids is 4. The summed E-state index contributed by atoms with van der Waals surface area (Å²) in [7, 11) is 0. The van der Waals surface area contributed by atoms with E-state index in [4.69, 9.17) is 0 Å². The summed E-state index contributed by atoms with van der Waals surface area (Å²) in [6.45, 7) is 2.26. The van der Waals surface area contributed by atoms with E-state index in [1.807, 2.05) is 21.9 Å². The van der Waals surface area contributed by atoms with E-state index in [0.717, 1.165) is 0 Å². The van der Waals surface area contributed by atoms with E-state index in [1.54, 1.807) is 48.5 Å². The van der Waals surface area contributed by atoms with Crippen molar-refractivity contribution in [1.82, 2.24) is 9.80 Å². The van der Waals surface area contributed by atoms with Gasteiger partial charge >= 0.3 is 0 Å². The van der Waals surface area contributed by atoms with E-state index in [0.29, 0.717) is 37.6 Å². The lowest BCUT2D eigenvalue weighted by Crippen LogP contribution is -2.56. The largest absolute Gasteiger partial charge is 0.289 e. The van der Waals surface area contributed by atoms with Crippen LogP contribution in [0.5, 0.6) is 0 Å². The minimum absolute atomic E-state index is 0.163. The van der Waals surface area contributed by atoms with Crippen molar-refractivity contribution in [3.63, 3.8) is 0 Å². The standard InChI is InChI=1S/C24H24N4O4/c29-21-15-19(23(31)27(21)17-7-3-1-4-8-17)25-11-13-26(14-12-25)20-16-22(30)28(24(20)32)18-9-5-2-6-10-18/h1-10,19-20H,11-16H2/t19-,20-/m1/s1. The lowest BCUT2D eigenvalue weighted by atomic mass is 10.1. The van der Waals surface area contributed by atoms with Crippen molar-refractivity contribution in [2.24, 2.45) is 0 Å². The molecule has 2 atom stereocenters. The Morgan fingerprint density at radius 2 is 0.875 bits per heavy atom. The maximum Gasteiger partial charge on any atom is 0.251 e. The van der Waals surface area contributed by atoms with Gasteiger partial charge in [0.25, 0.3) is 11.8 Å². The molecule has 4 amide bonds. The zero-order valence-corrected chi connectivity index (χ0v) is 17.6. The van der Waals surface area contributed by atoms with Crippen LogP contribution in [0.3, 0.4) is 0 Å². The van der Waals surface area contributed by atoms with Gasteiger partial charge in [-0.3, -0.25) is 29.0 Å². The predicted octanol–water partition coefficient (Wildman–Crippen LogP) is 1.27. The fraction of sp³-hybridized carbons (Fsp3) is 0.333. The highest BCUT2D eigenvalue weighted by Crippen LogP contribution is 2.29. The Morgan fingerprint density at radius 3 is 1.22 bits per heavy atom. The first-order valence-electron chi connectivity index (χ1n) is 10.9. The molecule has 8 nitrogen and oxygen atoms in total. The molecule has 0 spiro atoms. The lowest BCUT2D eigenvalue weighted by Gasteiger charge is -2.38. The average molecular weight is 432 g/mol. The summed E-state index contributed by atoms with van der Waals surface area (Å²) in [4.78, 5) is 57.7. The van der Waals surface area contributed by atoms with Gasteiger partial charge in [0.05, 0.1) is 36.3 Å². The molecule has 32 heavy (non-hydrogen) atoms. The molecule has 0 aromatic heterocycles. The van der Waals surface area contributed by atoms with Crippen LogP contribution in [0.4, 0.5) is 11.4 Å². The van der Waals surface area contributed by atoms with Gasteiger partial charge in [0.1, 0.15) is 0 Å². The molecular weight excluding hydrogens is 408 g/mol. The SMILES string of the molecule is O=C1C[C@@H](N2CCN([C@@H]3CC(=O)N(c4ccccc4)C3=O)CC2)C(=O)N1c1ccccc1. The number of para-hydroxylation sites is 2. The van der Waals surface area contributed by atoms with E-state index >= 15 is 0 Å².